The lowest BCUT2D eigenvalue weighted by Crippen LogP contribution is -2.12. The van der Waals surface area contributed by atoms with Crippen LogP contribution in [0.2, 0.25) is 0 Å². The van der Waals surface area contributed by atoms with Crippen LogP contribution in [-0.4, -0.2) is 29.9 Å². The van der Waals surface area contributed by atoms with Crippen molar-refractivity contribution in [1.29, 1.82) is 0 Å². The van der Waals surface area contributed by atoms with Crippen LogP contribution >= 0.6 is 0 Å². The quantitative estimate of drug-likeness (QED) is 0.779. The molecule has 24 heavy (non-hydrogen) atoms. The summed E-state index contributed by atoms with van der Waals surface area (Å²) in [6.45, 7) is 0.872. The minimum atomic E-state index is -0.139. The van der Waals surface area contributed by atoms with Gasteiger partial charge in [-0.1, -0.05) is 24.3 Å². The second-order valence-electron chi connectivity index (χ2n) is 5.83. The van der Waals surface area contributed by atoms with E-state index in [1.807, 2.05) is 50.5 Å². The highest BCUT2D eigenvalue weighted by Gasteiger charge is 2.08. The molecule has 2 aromatic carbocycles. The third-order valence-electron chi connectivity index (χ3n) is 3.57. The van der Waals surface area contributed by atoms with E-state index in [0.29, 0.717) is 11.3 Å². The molecule has 0 fully saturated rings. The Morgan fingerprint density at radius 2 is 1.79 bits per heavy atom. The third kappa shape index (κ3) is 3.88. The van der Waals surface area contributed by atoms with Gasteiger partial charge in [-0.3, -0.25) is 4.79 Å². The summed E-state index contributed by atoms with van der Waals surface area (Å²) in [5.41, 5.74) is 3.46. The molecule has 0 unspecified atom stereocenters. The Balaban J connectivity index is 1.66. The second-order valence-corrected chi connectivity index (χ2v) is 5.83. The van der Waals surface area contributed by atoms with Gasteiger partial charge in [-0.15, -0.1) is 0 Å². The van der Waals surface area contributed by atoms with E-state index in [1.54, 1.807) is 18.3 Å². The van der Waals surface area contributed by atoms with Crippen LogP contribution in [0.15, 0.2) is 65.5 Å². The number of oxazole rings is 1. The topological polar surface area (TPSA) is 58.4 Å². The lowest BCUT2D eigenvalue weighted by Gasteiger charge is -2.10. The first-order valence-corrected chi connectivity index (χ1v) is 7.66. The van der Waals surface area contributed by atoms with Crippen molar-refractivity contribution in [2.45, 2.75) is 6.54 Å². The summed E-state index contributed by atoms with van der Waals surface area (Å²) in [6, 6.07) is 15.1. The van der Waals surface area contributed by atoms with Crippen LogP contribution in [-0.2, 0) is 6.54 Å². The summed E-state index contributed by atoms with van der Waals surface area (Å²) in [7, 11) is 4.05. The van der Waals surface area contributed by atoms with Crippen LogP contribution in [0, 0.1) is 0 Å². The van der Waals surface area contributed by atoms with E-state index < -0.39 is 0 Å². The zero-order valence-corrected chi connectivity index (χ0v) is 13.7. The van der Waals surface area contributed by atoms with E-state index >= 15 is 0 Å². The Labute approximate surface area is 140 Å². The van der Waals surface area contributed by atoms with Gasteiger partial charge in [0, 0.05) is 23.4 Å². The number of anilines is 1. The van der Waals surface area contributed by atoms with Gasteiger partial charge in [-0.25, -0.2) is 4.98 Å². The minimum absolute atomic E-state index is 0.139. The number of hydrogen-bond acceptors (Lipinski definition) is 4. The maximum Gasteiger partial charge on any atom is 0.255 e. The molecule has 0 saturated carbocycles. The highest BCUT2D eigenvalue weighted by Crippen LogP contribution is 2.19. The SMILES string of the molecule is CN(C)Cc1ccc(NC(=O)c2ccc(-c3cnco3)cc2)cc1. The number of carbonyl (C=O) groups excluding carboxylic acids is 1. The maximum absolute atomic E-state index is 12.3. The maximum atomic E-state index is 12.3. The van der Waals surface area contributed by atoms with Gasteiger partial charge in [-0.2, -0.15) is 0 Å². The van der Waals surface area contributed by atoms with Crippen LogP contribution in [0.3, 0.4) is 0 Å². The fourth-order valence-electron chi connectivity index (χ4n) is 2.41. The van der Waals surface area contributed by atoms with Gasteiger partial charge >= 0.3 is 0 Å². The van der Waals surface area contributed by atoms with Crippen molar-refractivity contribution in [3.63, 3.8) is 0 Å². The van der Waals surface area contributed by atoms with Gasteiger partial charge < -0.3 is 14.6 Å². The average Bonchev–Trinajstić information content (AvgIpc) is 3.11. The molecule has 0 aliphatic rings. The monoisotopic (exact) mass is 321 g/mol. The van der Waals surface area contributed by atoms with Gasteiger partial charge in [-0.05, 0) is 43.9 Å². The first kappa shape index (κ1) is 16.0. The molecule has 0 atom stereocenters. The molecule has 1 N–H and O–H groups in total. The van der Waals surface area contributed by atoms with Gasteiger partial charge in [0.05, 0.1) is 6.20 Å². The van der Waals surface area contributed by atoms with Crippen LogP contribution in [0.5, 0.6) is 0 Å². The van der Waals surface area contributed by atoms with Crippen molar-refractivity contribution in [2.75, 3.05) is 19.4 Å². The number of nitrogens with zero attached hydrogens (tertiary/aromatic N) is 2. The number of nitrogens with one attached hydrogen (secondary N) is 1. The molecule has 3 rings (SSSR count). The number of carbonyl (C=O) groups is 1. The second kappa shape index (κ2) is 7.10. The van der Waals surface area contributed by atoms with E-state index in [-0.39, 0.29) is 5.91 Å². The summed E-state index contributed by atoms with van der Waals surface area (Å²) in [4.78, 5) is 18.3. The predicted octanol–water partition coefficient (Wildman–Crippen LogP) is 3.66. The molecule has 1 heterocycles. The molecule has 3 aromatic rings. The molecule has 1 amide bonds. The zero-order chi connectivity index (χ0) is 16.9. The summed E-state index contributed by atoms with van der Waals surface area (Å²) in [5, 5.41) is 2.90. The Morgan fingerprint density at radius 1 is 1.08 bits per heavy atom. The van der Waals surface area contributed by atoms with Crippen LogP contribution in [0.4, 0.5) is 5.69 Å². The fraction of sp³-hybridized carbons (Fsp3) is 0.158. The van der Waals surface area contributed by atoms with Crippen molar-refractivity contribution < 1.29 is 9.21 Å². The number of hydrogen-bond donors (Lipinski definition) is 1. The normalized spacial score (nSPS) is 10.8. The highest BCUT2D eigenvalue weighted by molar-refractivity contribution is 6.04. The number of benzene rings is 2. The highest BCUT2D eigenvalue weighted by atomic mass is 16.3. The molecule has 122 valence electrons. The Hall–Kier alpha value is -2.92. The van der Waals surface area contributed by atoms with Crippen molar-refractivity contribution in [2.24, 2.45) is 0 Å². The fourth-order valence-corrected chi connectivity index (χ4v) is 2.41. The molecule has 0 aliphatic heterocycles. The third-order valence-corrected chi connectivity index (χ3v) is 3.57. The van der Waals surface area contributed by atoms with E-state index in [1.165, 1.54) is 12.0 Å². The van der Waals surface area contributed by atoms with Crippen molar-refractivity contribution >= 4 is 11.6 Å². The first-order valence-electron chi connectivity index (χ1n) is 7.66. The van der Waals surface area contributed by atoms with Gasteiger partial charge in [0.25, 0.3) is 5.91 Å². The number of aromatic nitrogens is 1. The molecule has 5 heteroatoms. The van der Waals surface area contributed by atoms with Gasteiger partial charge in [0.1, 0.15) is 0 Å². The number of amides is 1. The largest absolute Gasteiger partial charge is 0.444 e. The summed E-state index contributed by atoms with van der Waals surface area (Å²) >= 11 is 0. The van der Waals surface area contributed by atoms with E-state index in [0.717, 1.165) is 17.8 Å². The standard InChI is InChI=1S/C19H19N3O2/c1-22(2)12-14-3-9-17(10-4-14)21-19(23)16-7-5-15(6-8-16)18-11-20-13-24-18/h3-11,13H,12H2,1-2H3,(H,21,23). The summed E-state index contributed by atoms with van der Waals surface area (Å²) in [6.07, 6.45) is 3.03. The van der Waals surface area contributed by atoms with E-state index in [4.69, 9.17) is 4.42 Å². The summed E-state index contributed by atoms with van der Waals surface area (Å²) < 4.78 is 5.24. The predicted molar refractivity (Wildman–Crippen MR) is 93.7 cm³/mol. The zero-order valence-electron chi connectivity index (χ0n) is 13.7. The first-order chi connectivity index (χ1) is 11.6. The minimum Gasteiger partial charge on any atom is -0.444 e. The van der Waals surface area contributed by atoms with Crippen molar-refractivity contribution in [3.05, 3.63) is 72.2 Å². The molecule has 0 saturated heterocycles. The van der Waals surface area contributed by atoms with Crippen molar-refractivity contribution in [3.8, 4) is 11.3 Å². The summed E-state index contributed by atoms with van der Waals surface area (Å²) in [5.74, 6) is 0.540. The van der Waals surface area contributed by atoms with Crippen molar-refractivity contribution in [1.82, 2.24) is 9.88 Å². The van der Waals surface area contributed by atoms with Crippen LogP contribution in [0.1, 0.15) is 15.9 Å². The molecule has 1 aromatic heterocycles. The molecule has 0 bridgehead atoms. The average molecular weight is 321 g/mol. The Bertz CT molecular complexity index is 792. The molecule has 0 aliphatic carbocycles. The Morgan fingerprint density at radius 3 is 2.38 bits per heavy atom. The Kier molecular flexibility index (Phi) is 4.72. The molecular weight excluding hydrogens is 302 g/mol. The van der Waals surface area contributed by atoms with Crippen LogP contribution in [0.25, 0.3) is 11.3 Å². The van der Waals surface area contributed by atoms with E-state index in [9.17, 15) is 4.79 Å². The van der Waals surface area contributed by atoms with Gasteiger partial charge in [0.2, 0.25) is 0 Å². The molecular formula is C19H19N3O2. The van der Waals surface area contributed by atoms with E-state index in [2.05, 4.69) is 15.2 Å². The number of rotatable bonds is 5. The van der Waals surface area contributed by atoms with Crippen LogP contribution < -0.4 is 5.32 Å². The molecule has 0 spiro atoms. The lowest BCUT2D eigenvalue weighted by atomic mass is 10.1. The molecule has 0 radical (unpaired) electrons. The molecule has 5 nitrogen and oxygen atoms in total. The smallest absolute Gasteiger partial charge is 0.255 e. The van der Waals surface area contributed by atoms with Gasteiger partial charge in [0.15, 0.2) is 12.2 Å². The lowest BCUT2D eigenvalue weighted by molar-refractivity contribution is 0.102.